The number of hydrogen-bond donors (Lipinski definition) is 0. The molecule has 0 aliphatic heterocycles. The molecule has 0 N–H and O–H groups in total. The molecule has 2 heterocycles. The number of aromatic nitrogens is 3. The van der Waals surface area contributed by atoms with E-state index in [1.807, 2.05) is 31.0 Å². The van der Waals surface area contributed by atoms with Gasteiger partial charge in [-0.25, -0.2) is 4.98 Å². The molecule has 108 valence electrons. The van der Waals surface area contributed by atoms with E-state index in [4.69, 9.17) is 0 Å². The fourth-order valence-corrected chi connectivity index (χ4v) is 2.96. The van der Waals surface area contributed by atoms with Crippen LogP contribution in [0.4, 0.5) is 5.69 Å². The van der Waals surface area contributed by atoms with E-state index in [0.717, 1.165) is 29.5 Å². The van der Waals surface area contributed by atoms with Crippen LogP contribution >= 0.6 is 15.9 Å². The van der Waals surface area contributed by atoms with E-state index < -0.39 is 0 Å². The van der Waals surface area contributed by atoms with Crippen LogP contribution in [-0.4, -0.2) is 28.1 Å². The first kappa shape index (κ1) is 14.1. The highest BCUT2D eigenvalue weighted by Gasteiger charge is 2.08. The van der Waals surface area contributed by atoms with E-state index in [0.29, 0.717) is 0 Å². The first-order valence-corrected chi connectivity index (χ1v) is 7.75. The third-order valence-corrected chi connectivity index (χ3v) is 4.22. The van der Waals surface area contributed by atoms with E-state index in [9.17, 15) is 0 Å². The van der Waals surface area contributed by atoms with Crippen molar-refractivity contribution in [3.05, 3.63) is 53.7 Å². The van der Waals surface area contributed by atoms with Crippen molar-refractivity contribution >= 4 is 32.5 Å². The summed E-state index contributed by atoms with van der Waals surface area (Å²) in [5.74, 6) is 0. The molecule has 0 saturated carbocycles. The molecule has 0 atom stereocenters. The molecule has 0 spiro atoms. The SMILES string of the molecule is CN(CCCn1ccnc1)c1ccnc2c(Br)cccc12. The molecule has 0 aliphatic rings. The van der Waals surface area contributed by atoms with Crippen molar-refractivity contribution < 1.29 is 0 Å². The summed E-state index contributed by atoms with van der Waals surface area (Å²) in [6.45, 7) is 1.97. The highest BCUT2D eigenvalue weighted by molar-refractivity contribution is 9.10. The first-order valence-electron chi connectivity index (χ1n) is 6.96. The number of halogens is 1. The van der Waals surface area contributed by atoms with Crippen LogP contribution in [0.25, 0.3) is 10.9 Å². The Morgan fingerprint density at radius 3 is 2.95 bits per heavy atom. The van der Waals surface area contributed by atoms with Gasteiger partial charge in [0.1, 0.15) is 0 Å². The van der Waals surface area contributed by atoms with Crippen LogP contribution in [0.15, 0.2) is 53.7 Å². The zero-order valence-corrected chi connectivity index (χ0v) is 13.5. The lowest BCUT2D eigenvalue weighted by Crippen LogP contribution is -2.20. The molecular formula is C16H17BrN4. The number of aryl methyl sites for hydroxylation is 1. The van der Waals surface area contributed by atoms with E-state index in [1.54, 1.807) is 0 Å². The summed E-state index contributed by atoms with van der Waals surface area (Å²) < 4.78 is 3.14. The zero-order chi connectivity index (χ0) is 14.7. The molecule has 0 amide bonds. The summed E-state index contributed by atoms with van der Waals surface area (Å²) in [5, 5.41) is 1.18. The lowest BCUT2D eigenvalue weighted by Gasteiger charge is -2.21. The normalized spacial score (nSPS) is 11.0. The van der Waals surface area contributed by atoms with E-state index in [1.165, 1.54) is 11.1 Å². The third-order valence-electron chi connectivity index (χ3n) is 3.58. The van der Waals surface area contributed by atoms with Crippen molar-refractivity contribution in [2.45, 2.75) is 13.0 Å². The van der Waals surface area contributed by atoms with Gasteiger partial charge in [0, 0.05) is 54.3 Å². The first-order chi connectivity index (χ1) is 10.3. The van der Waals surface area contributed by atoms with Crippen LogP contribution in [0, 0.1) is 0 Å². The lowest BCUT2D eigenvalue weighted by molar-refractivity contribution is 0.638. The van der Waals surface area contributed by atoms with Crippen LogP contribution in [-0.2, 0) is 6.54 Å². The van der Waals surface area contributed by atoms with Gasteiger partial charge in [0.15, 0.2) is 0 Å². The number of fused-ring (bicyclic) bond motifs is 1. The number of para-hydroxylation sites is 1. The average molecular weight is 345 g/mol. The molecule has 0 radical (unpaired) electrons. The number of hydrogen-bond acceptors (Lipinski definition) is 3. The molecular weight excluding hydrogens is 328 g/mol. The Hall–Kier alpha value is -1.88. The van der Waals surface area contributed by atoms with Crippen molar-refractivity contribution in [2.75, 3.05) is 18.5 Å². The molecule has 5 heteroatoms. The summed E-state index contributed by atoms with van der Waals surface area (Å²) in [4.78, 5) is 10.8. The lowest BCUT2D eigenvalue weighted by atomic mass is 10.1. The number of anilines is 1. The molecule has 0 fully saturated rings. The maximum absolute atomic E-state index is 4.46. The molecule has 1 aromatic carbocycles. The van der Waals surface area contributed by atoms with Crippen LogP contribution in [0.1, 0.15) is 6.42 Å². The predicted molar refractivity (Wildman–Crippen MR) is 89.6 cm³/mol. The van der Waals surface area contributed by atoms with Crippen molar-refractivity contribution in [3.63, 3.8) is 0 Å². The number of rotatable bonds is 5. The van der Waals surface area contributed by atoms with Gasteiger partial charge in [-0.15, -0.1) is 0 Å². The zero-order valence-electron chi connectivity index (χ0n) is 11.9. The Kier molecular flexibility index (Phi) is 4.20. The molecule has 3 rings (SSSR count). The second-order valence-corrected chi connectivity index (χ2v) is 5.90. The fraction of sp³-hybridized carbons (Fsp3) is 0.250. The highest BCUT2D eigenvalue weighted by atomic mass is 79.9. The number of imidazole rings is 1. The molecule has 0 unspecified atom stereocenters. The second-order valence-electron chi connectivity index (χ2n) is 5.04. The van der Waals surface area contributed by atoms with Gasteiger partial charge in [-0.3, -0.25) is 4.98 Å². The third kappa shape index (κ3) is 3.08. The minimum Gasteiger partial charge on any atom is -0.374 e. The maximum atomic E-state index is 4.46. The van der Waals surface area contributed by atoms with Crippen LogP contribution < -0.4 is 4.90 Å². The van der Waals surface area contributed by atoms with Gasteiger partial charge >= 0.3 is 0 Å². The molecule has 0 aliphatic carbocycles. The van der Waals surface area contributed by atoms with Crippen molar-refractivity contribution in [3.8, 4) is 0 Å². The standard InChI is InChI=1S/C16H17BrN4/c1-20(9-3-10-21-11-8-18-12-21)15-6-7-19-16-13(15)4-2-5-14(16)17/h2,4-8,11-12H,3,9-10H2,1H3. The predicted octanol–water partition coefficient (Wildman–Crippen LogP) is 3.72. The van der Waals surface area contributed by atoms with Crippen LogP contribution in [0.2, 0.25) is 0 Å². The molecule has 0 saturated heterocycles. The van der Waals surface area contributed by atoms with Gasteiger partial charge < -0.3 is 9.47 Å². The summed E-state index contributed by atoms with van der Waals surface area (Å²) in [6, 6.07) is 8.27. The Labute approximate surface area is 132 Å². The monoisotopic (exact) mass is 344 g/mol. The van der Waals surface area contributed by atoms with Crippen LogP contribution in [0.5, 0.6) is 0 Å². The van der Waals surface area contributed by atoms with E-state index >= 15 is 0 Å². The Balaban J connectivity index is 1.75. The van der Waals surface area contributed by atoms with Crippen molar-refractivity contribution in [2.24, 2.45) is 0 Å². The molecule has 4 nitrogen and oxygen atoms in total. The number of benzene rings is 1. The molecule has 3 aromatic rings. The molecule has 2 aromatic heterocycles. The quantitative estimate of drug-likeness (QED) is 0.707. The number of pyridine rings is 1. The minimum absolute atomic E-state index is 0.983. The van der Waals surface area contributed by atoms with Crippen molar-refractivity contribution in [1.82, 2.24) is 14.5 Å². The maximum Gasteiger partial charge on any atom is 0.0945 e. The molecule has 21 heavy (non-hydrogen) atoms. The van der Waals surface area contributed by atoms with Crippen molar-refractivity contribution in [1.29, 1.82) is 0 Å². The average Bonchev–Trinajstić information content (AvgIpc) is 3.00. The van der Waals surface area contributed by atoms with Gasteiger partial charge in [-0.2, -0.15) is 0 Å². The van der Waals surface area contributed by atoms with Gasteiger partial charge in [0.05, 0.1) is 11.8 Å². The van der Waals surface area contributed by atoms with E-state index in [2.05, 4.69) is 60.6 Å². The Bertz CT molecular complexity index is 724. The summed E-state index contributed by atoms with van der Waals surface area (Å²) in [7, 11) is 2.13. The van der Waals surface area contributed by atoms with Gasteiger partial charge in [0.25, 0.3) is 0 Å². The highest BCUT2D eigenvalue weighted by Crippen LogP contribution is 2.29. The van der Waals surface area contributed by atoms with Gasteiger partial charge in [0.2, 0.25) is 0 Å². The van der Waals surface area contributed by atoms with E-state index in [-0.39, 0.29) is 0 Å². The summed E-state index contributed by atoms with van der Waals surface area (Å²) in [6.07, 6.45) is 8.62. The topological polar surface area (TPSA) is 34.0 Å². The summed E-state index contributed by atoms with van der Waals surface area (Å²) in [5.41, 5.74) is 2.23. The van der Waals surface area contributed by atoms with Gasteiger partial charge in [-0.05, 0) is 34.5 Å². The summed E-state index contributed by atoms with van der Waals surface area (Å²) >= 11 is 3.57. The molecule has 0 bridgehead atoms. The van der Waals surface area contributed by atoms with Crippen LogP contribution in [0.3, 0.4) is 0 Å². The Morgan fingerprint density at radius 1 is 1.24 bits per heavy atom. The Morgan fingerprint density at radius 2 is 2.14 bits per heavy atom. The minimum atomic E-state index is 0.983. The largest absolute Gasteiger partial charge is 0.374 e. The number of nitrogens with zero attached hydrogens (tertiary/aromatic N) is 4. The smallest absolute Gasteiger partial charge is 0.0945 e. The fourth-order valence-electron chi connectivity index (χ4n) is 2.49. The van der Waals surface area contributed by atoms with Gasteiger partial charge in [-0.1, -0.05) is 12.1 Å². The second kappa shape index (κ2) is 6.26.